The Morgan fingerprint density at radius 1 is 1.03 bits per heavy atom. The summed E-state index contributed by atoms with van der Waals surface area (Å²) >= 11 is 0. The molecule has 0 unspecified atom stereocenters. The molecule has 31 heavy (non-hydrogen) atoms. The van der Waals surface area contributed by atoms with Crippen molar-refractivity contribution < 1.29 is 9.53 Å². The lowest BCUT2D eigenvalue weighted by Gasteiger charge is -2.23. The third-order valence-electron chi connectivity index (χ3n) is 5.98. The minimum atomic E-state index is -0.168. The number of para-hydroxylation sites is 1. The van der Waals surface area contributed by atoms with Crippen molar-refractivity contribution in [2.45, 2.75) is 44.4 Å². The molecule has 3 aromatic rings. The van der Waals surface area contributed by atoms with Crippen molar-refractivity contribution in [2.24, 2.45) is 0 Å². The summed E-state index contributed by atoms with van der Waals surface area (Å²) in [7, 11) is 1.43. The van der Waals surface area contributed by atoms with Gasteiger partial charge in [0.05, 0.1) is 7.11 Å². The van der Waals surface area contributed by atoms with Gasteiger partial charge in [-0.05, 0) is 62.4 Å². The monoisotopic (exact) mass is 418 g/mol. The van der Waals surface area contributed by atoms with E-state index in [9.17, 15) is 4.79 Å². The van der Waals surface area contributed by atoms with Crippen LogP contribution in [0, 0.1) is 0 Å². The van der Waals surface area contributed by atoms with E-state index in [2.05, 4.69) is 56.5 Å². The van der Waals surface area contributed by atoms with E-state index in [4.69, 9.17) is 4.74 Å². The van der Waals surface area contributed by atoms with Gasteiger partial charge in [0.25, 0.3) is 0 Å². The normalized spacial score (nSPS) is 14.5. The van der Waals surface area contributed by atoms with Gasteiger partial charge in [0, 0.05) is 24.1 Å². The van der Waals surface area contributed by atoms with Crippen LogP contribution in [0.15, 0.2) is 54.6 Å². The number of unbranched alkanes of at least 4 members (excludes halogenated alkanes) is 1. The molecule has 0 saturated carbocycles. The maximum absolute atomic E-state index is 11.4. The number of rotatable bonds is 8. The topological polar surface area (TPSA) is 69.0 Å². The van der Waals surface area contributed by atoms with E-state index in [1.54, 1.807) is 0 Å². The highest BCUT2D eigenvalue weighted by molar-refractivity contribution is 5.69. The number of benzene rings is 2. The molecule has 2 aromatic carbocycles. The van der Waals surface area contributed by atoms with Crippen LogP contribution in [0.2, 0.25) is 0 Å². The lowest BCUT2D eigenvalue weighted by molar-refractivity contribution is -0.140. The highest BCUT2D eigenvalue weighted by Crippen LogP contribution is 2.29. The van der Waals surface area contributed by atoms with Crippen molar-refractivity contribution in [2.75, 3.05) is 20.2 Å². The van der Waals surface area contributed by atoms with Crippen LogP contribution < -0.4 is 5.32 Å². The SMILES string of the molecule is COC(=O)CCCCc1nnc(-c2ccc(C3CCNCC3)cc2)n1-c1ccccc1. The van der Waals surface area contributed by atoms with Crippen molar-refractivity contribution in [3.05, 3.63) is 66.0 Å². The van der Waals surface area contributed by atoms with Gasteiger partial charge in [-0.15, -0.1) is 10.2 Å². The molecule has 0 bridgehead atoms. The zero-order chi connectivity index (χ0) is 21.5. The molecule has 1 aliphatic heterocycles. The van der Waals surface area contributed by atoms with E-state index in [1.807, 2.05) is 18.2 Å². The Bertz CT molecular complexity index is 977. The molecule has 0 amide bonds. The van der Waals surface area contributed by atoms with Gasteiger partial charge in [-0.2, -0.15) is 0 Å². The van der Waals surface area contributed by atoms with Gasteiger partial charge in [-0.3, -0.25) is 9.36 Å². The molecular weight excluding hydrogens is 388 g/mol. The molecule has 1 fully saturated rings. The first-order valence-corrected chi connectivity index (χ1v) is 11.1. The highest BCUT2D eigenvalue weighted by Gasteiger charge is 2.18. The Morgan fingerprint density at radius 3 is 2.48 bits per heavy atom. The zero-order valence-corrected chi connectivity index (χ0v) is 18.1. The second-order valence-electron chi connectivity index (χ2n) is 8.04. The number of nitrogens with zero attached hydrogens (tertiary/aromatic N) is 3. The molecular formula is C25H30N4O2. The zero-order valence-electron chi connectivity index (χ0n) is 18.1. The third kappa shape index (κ3) is 5.20. The molecule has 6 nitrogen and oxygen atoms in total. The van der Waals surface area contributed by atoms with Crippen LogP contribution in [0.3, 0.4) is 0 Å². The average molecular weight is 419 g/mol. The summed E-state index contributed by atoms with van der Waals surface area (Å²) in [6.07, 6.45) is 5.20. The Hall–Kier alpha value is -2.99. The number of esters is 1. The summed E-state index contributed by atoms with van der Waals surface area (Å²) in [6, 6.07) is 19.0. The number of methoxy groups -OCH3 is 1. The molecule has 162 valence electrons. The summed E-state index contributed by atoms with van der Waals surface area (Å²) in [5.74, 6) is 2.23. The molecule has 0 radical (unpaired) electrons. The third-order valence-corrected chi connectivity index (χ3v) is 5.98. The predicted octanol–water partition coefficient (Wildman–Crippen LogP) is 4.29. The van der Waals surface area contributed by atoms with E-state index in [0.717, 1.165) is 55.3 Å². The van der Waals surface area contributed by atoms with Crippen LogP contribution in [0.1, 0.15) is 49.4 Å². The van der Waals surface area contributed by atoms with E-state index in [1.165, 1.54) is 25.5 Å². The van der Waals surface area contributed by atoms with Crippen molar-refractivity contribution >= 4 is 5.97 Å². The van der Waals surface area contributed by atoms with Gasteiger partial charge in [-0.25, -0.2) is 0 Å². The van der Waals surface area contributed by atoms with Crippen molar-refractivity contribution in [3.63, 3.8) is 0 Å². The van der Waals surface area contributed by atoms with Crippen molar-refractivity contribution in [1.29, 1.82) is 0 Å². The Kier molecular flexibility index (Phi) is 7.10. The van der Waals surface area contributed by atoms with Gasteiger partial charge in [-0.1, -0.05) is 42.5 Å². The summed E-state index contributed by atoms with van der Waals surface area (Å²) in [6.45, 7) is 2.18. The second kappa shape index (κ2) is 10.4. The number of carbonyl (C=O) groups excluding carboxylic acids is 1. The number of aromatic nitrogens is 3. The summed E-state index contributed by atoms with van der Waals surface area (Å²) in [4.78, 5) is 11.4. The van der Waals surface area contributed by atoms with Crippen LogP contribution in [0.5, 0.6) is 0 Å². The van der Waals surface area contributed by atoms with Crippen LogP contribution in [0.4, 0.5) is 0 Å². The van der Waals surface area contributed by atoms with Crippen LogP contribution in [-0.4, -0.2) is 40.9 Å². The maximum atomic E-state index is 11.4. The summed E-state index contributed by atoms with van der Waals surface area (Å²) in [5.41, 5.74) is 3.52. The number of piperidine rings is 1. The van der Waals surface area contributed by atoms with Gasteiger partial charge in [0.2, 0.25) is 0 Å². The highest BCUT2D eigenvalue weighted by atomic mass is 16.5. The number of hydrogen-bond donors (Lipinski definition) is 1. The molecule has 0 spiro atoms. The largest absolute Gasteiger partial charge is 0.469 e. The Morgan fingerprint density at radius 2 is 1.77 bits per heavy atom. The molecule has 4 rings (SSSR count). The molecule has 6 heteroatoms. The Labute approximate surface area is 183 Å². The van der Waals surface area contributed by atoms with Crippen LogP contribution >= 0.6 is 0 Å². The molecule has 1 aromatic heterocycles. The average Bonchev–Trinajstić information content (AvgIpc) is 3.26. The lowest BCUT2D eigenvalue weighted by Crippen LogP contribution is -2.26. The first-order chi connectivity index (χ1) is 15.3. The van der Waals surface area contributed by atoms with E-state index < -0.39 is 0 Å². The van der Waals surface area contributed by atoms with Gasteiger partial charge >= 0.3 is 5.97 Å². The number of nitrogens with one attached hydrogen (secondary N) is 1. The minimum absolute atomic E-state index is 0.168. The standard InChI is InChI=1S/C25H30N4O2/c1-31-24(30)10-6-5-9-23-27-28-25(29(23)22-7-3-2-4-8-22)21-13-11-19(12-14-21)20-15-17-26-18-16-20/h2-4,7-8,11-14,20,26H,5-6,9-10,15-18H2,1H3. The quantitative estimate of drug-likeness (QED) is 0.437. The summed E-state index contributed by atoms with van der Waals surface area (Å²) < 4.78 is 6.87. The molecule has 0 atom stereocenters. The maximum Gasteiger partial charge on any atom is 0.305 e. The van der Waals surface area contributed by atoms with E-state index in [-0.39, 0.29) is 5.97 Å². The summed E-state index contributed by atoms with van der Waals surface area (Å²) in [5, 5.41) is 12.5. The first-order valence-electron chi connectivity index (χ1n) is 11.1. The molecule has 1 aliphatic rings. The van der Waals surface area contributed by atoms with Gasteiger partial charge < -0.3 is 10.1 Å². The fraction of sp³-hybridized carbons (Fsp3) is 0.400. The molecule has 2 heterocycles. The van der Waals surface area contributed by atoms with Crippen LogP contribution in [0.25, 0.3) is 17.1 Å². The first kappa shape index (κ1) is 21.2. The van der Waals surface area contributed by atoms with E-state index in [0.29, 0.717) is 12.3 Å². The fourth-order valence-electron chi connectivity index (χ4n) is 4.23. The van der Waals surface area contributed by atoms with Crippen LogP contribution in [-0.2, 0) is 16.0 Å². The second-order valence-corrected chi connectivity index (χ2v) is 8.04. The molecule has 1 N–H and O–H groups in total. The van der Waals surface area contributed by atoms with Gasteiger partial charge in [0.15, 0.2) is 5.82 Å². The number of ether oxygens (including phenoxy) is 1. The molecule has 0 aliphatic carbocycles. The smallest absolute Gasteiger partial charge is 0.305 e. The number of hydrogen-bond acceptors (Lipinski definition) is 5. The van der Waals surface area contributed by atoms with Crippen molar-refractivity contribution in [3.8, 4) is 17.1 Å². The number of carbonyl (C=O) groups is 1. The van der Waals surface area contributed by atoms with Crippen molar-refractivity contribution in [1.82, 2.24) is 20.1 Å². The lowest BCUT2D eigenvalue weighted by atomic mass is 9.90. The molecule has 1 saturated heterocycles. The van der Waals surface area contributed by atoms with E-state index >= 15 is 0 Å². The minimum Gasteiger partial charge on any atom is -0.469 e. The fourth-order valence-corrected chi connectivity index (χ4v) is 4.23. The Balaban J connectivity index is 1.57. The number of aryl methyl sites for hydroxylation is 1. The van der Waals surface area contributed by atoms with Gasteiger partial charge in [0.1, 0.15) is 5.82 Å². The predicted molar refractivity (Wildman–Crippen MR) is 121 cm³/mol.